The second-order valence-corrected chi connectivity index (χ2v) is 5.91. The minimum atomic E-state index is -0.845. The van der Waals surface area contributed by atoms with Crippen LogP contribution in [-0.2, 0) is 10.3 Å². The summed E-state index contributed by atoms with van der Waals surface area (Å²) < 4.78 is 17.1. The van der Waals surface area contributed by atoms with Crippen LogP contribution in [0.15, 0.2) is 18.2 Å². The van der Waals surface area contributed by atoms with Gasteiger partial charge >= 0.3 is 0 Å². The molecule has 20 heavy (non-hydrogen) atoms. The Kier molecular flexibility index (Phi) is 3.61. The highest BCUT2D eigenvalue weighted by molar-refractivity contribution is 5.45. The van der Waals surface area contributed by atoms with Crippen molar-refractivity contribution in [2.24, 2.45) is 0 Å². The number of hydrogen-bond acceptors (Lipinski definition) is 4. The average molecular weight is 278 g/mol. The van der Waals surface area contributed by atoms with Crippen molar-refractivity contribution in [2.45, 2.75) is 50.9 Å². The summed E-state index contributed by atoms with van der Waals surface area (Å²) in [6.07, 6.45) is 2.21. The molecule has 0 radical (unpaired) electrons. The largest absolute Gasteiger partial charge is 0.490 e. The summed E-state index contributed by atoms with van der Waals surface area (Å²) in [6, 6.07) is 5.77. The number of benzene rings is 1. The van der Waals surface area contributed by atoms with E-state index in [1.165, 1.54) is 0 Å². The highest BCUT2D eigenvalue weighted by Gasteiger charge is 2.38. The van der Waals surface area contributed by atoms with Gasteiger partial charge in [-0.05, 0) is 31.5 Å². The smallest absolute Gasteiger partial charge is 0.161 e. The van der Waals surface area contributed by atoms with Crippen molar-refractivity contribution < 1.29 is 19.3 Å². The maximum Gasteiger partial charge on any atom is 0.161 e. The van der Waals surface area contributed by atoms with Gasteiger partial charge in [0.1, 0.15) is 0 Å². The summed E-state index contributed by atoms with van der Waals surface area (Å²) in [5, 5.41) is 11.0. The summed E-state index contributed by atoms with van der Waals surface area (Å²) in [4.78, 5) is 0. The molecule has 1 saturated heterocycles. The molecule has 0 saturated carbocycles. The van der Waals surface area contributed by atoms with Crippen LogP contribution >= 0.6 is 0 Å². The third-order valence-corrected chi connectivity index (χ3v) is 4.00. The van der Waals surface area contributed by atoms with Gasteiger partial charge in [-0.15, -0.1) is 0 Å². The molecular formula is C16H22O4. The monoisotopic (exact) mass is 278 g/mol. The summed E-state index contributed by atoms with van der Waals surface area (Å²) in [6.45, 7) is 5.34. The number of ether oxygens (including phenoxy) is 3. The Morgan fingerprint density at radius 1 is 1.05 bits per heavy atom. The predicted molar refractivity (Wildman–Crippen MR) is 75.2 cm³/mol. The van der Waals surface area contributed by atoms with E-state index in [2.05, 4.69) is 0 Å². The molecule has 2 atom stereocenters. The Balaban J connectivity index is 1.91. The summed E-state index contributed by atoms with van der Waals surface area (Å²) >= 11 is 0. The van der Waals surface area contributed by atoms with Gasteiger partial charge in [-0.1, -0.05) is 6.07 Å². The quantitative estimate of drug-likeness (QED) is 0.858. The molecule has 1 aromatic rings. The van der Waals surface area contributed by atoms with E-state index in [0.29, 0.717) is 26.1 Å². The van der Waals surface area contributed by atoms with E-state index < -0.39 is 5.60 Å². The lowest BCUT2D eigenvalue weighted by atomic mass is 9.81. The first-order chi connectivity index (χ1) is 9.57. The van der Waals surface area contributed by atoms with Gasteiger partial charge in [-0.25, -0.2) is 0 Å². The highest BCUT2D eigenvalue weighted by Crippen LogP contribution is 2.41. The van der Waals surface area contributed by atoms with E-state index >= 15 is 0 Å². The van der Waals surface area contributed by atoms with Gasteiger partial charge in [-0.2, -0.15) is 0 Å². The van der Waals surface area contributed by atoms with Crippen LogP contribution < -0.4 is 9.47 Å². The molecule has 1 N–H and O–H groups in total. The second kappa shape index (κ2) is 5.26. The van der Waals surface area contributed by atoms with E-state index in [1.807, 2.05) is 32.0 Å². The fraction of sp³-hybridized carbons (Fsp3) is 0.625. The molecule has 2 aliphatic heterocycles. The van der Waals surface area contributed by atoms with Crippen LogP contribution in [0.1, 0.15) is 38.7 Å². The van der Waals surface area contributed by atoms with Crippen molar-refractivity contribution in [2.75, 3.05) is 13.2 Å². The molecule has 4 heteroatoms. The lowest BCUT2D eigenvalue weighted by Crippen LogP contribution is -2.41. The van der Waals surface area contributed by atoms with Crippen LogP contribution in [0.4, 0.5) is 0 Å². The zero-order valence-corrected chi connectivity index (χ0v) is 12.1. The maximum absolute atomic E-state index is 11.0. The van der Waals surface area contributed by atoms with Crippen LogP contribution in [0.2, 0.25) is 0 Å². The fourth-order valence-corrected chi connectivity index (χ4v) is 3.22. The van der Waals surface area contributed by atoms with Crippen molar-refractivity contribution >= 4 is 0 Å². The number of hydrogen-bond donors (Lipinski definition) is 1. The second-order valence-electron chi connectivity index (χ2n) is 5.91. The molecule has 2 unspecified atom stereocenters. The molecule has 0 aliphatic carbocycles. The van der Waals surface area contributed by atoms with Crippen LogP contribution in [0.25, 0.3) is 0 Å². The van der Waals surface area contributed by atoms with E-state index in [0.717, 1.165) is 23.5 Å². The number of rotatable bonds is 1. The van der Waals surface area contributed by atoms with Gasteiger partial charge in [0.25, 0.3) is 0 Å². The molecule has 4 nitrogen and oxygen atoms in total. The fourth-order valence-electron chi connectivity index (χ4n) is 3.22. The molecule has 0 spiro atoms. The van der Waals surface area contributed by atoms with Crippen LogP contribution in [0.5, 0.6) is 11.5 Å². The van der Waals surface area contributed by atoms with Crippen molar-refractivity contribution in [1.29, 1.82) is 0 Å². The minimum Gasteiger partial charge on any atom is -0.490 e. The van der Waals surface area contributed by atoms with Crippen molar-refractivity contribution in [3.05, 3.63) is 23.8 Å². The topological polar surface area (TPSA) is 47.9 Å². The molecule has 0 aromatic heterocycles. The van der Waals surface area contributed by atoms with E-state index in [-0.39, 0.29) is 12.2 Å². The first-order valence-electron chi connectivity index (χ1n) is 7.35. The zero-order chi connectivity index (χ0) is 14.2. The third-order valence-electron chi connectivity index (χ3n) is 4.00. The van der Waals surface area contributed by atoms with Gasteiger partial charge in [0.05, 0.1) is 31.0 Å². The van der Waals surface area contributed by atoms with E-state index in [1.54, 1.807) is 0 Å². The molecule has 110 valence electrons. The Hall–Kier alpha value is -1.26. The Bertz CT molecular complexity index is 475. The van der Waals surface area contributed by atoms with Gasteiger partial charge in [-0.3, -0.25) is 0 Å². The van der Waals surface area contributed by atoms with Crippen LogP contribution in [-0.4, -0.2) is 30.5 Å². The average Bonchev–Trinajstić information content (AvgIpc) is 2.61. The molecule has 3 rings (SSSR count). The van der Waals surface area contributed by atoms with E-state index in [4.69, 9.17) is 14.2 Å². The summed E-state index contributed by atoms with van der Waals surface area (Å²) in [7, 11) is 0. The minimum absolute atomic E-state index is 0.0553. The molecule has 2 aliphatic rings. The maximum atomic E-state index is 11.0. The molecular weight excluding hydrogens is 256 g/mol. The molecule has 0 amide bonds. The Morgan fingerprint density at radius 2 is 1.70 bits per heavy atom. The van der Waals surface area contributed by atoms with Crippen LogP contribution in [0.3, 0.4) is 0 Å². The SMILES string of the molecule is CC1CC(O)(c2ccc3c(c2)OCCCO3)CC(C)O1. The first-order valence-corrected chi connectivity index (χ1v) is 7.35. The third kappa shape index (κ3) is 2.63. The summed E-state index contributed by atoms with van der Waals surface area (Å²) in [5.74, 6) is 1.50. The van der Waals surface area contributed by atoms with Gasteiger partial charge < -0.3 is 19.3 Å². The summed E-state index contributed by atoms with van der Waals surface area (Å²) in [5.41, 5.74) is 0.0469. The van der Waals surface area contributed by atoms with Gasteiger partial charge in [0.15, 0.2) is 11.5 Å². The molecule has 1 aromatic carbocycles. The van der Waals surface area contributed by atoms with Crippen molar-refractivity contribution in [3.63, 3.8) is 0 Å². The number of aliphatic hydroxyl groups is 1. The lowest BCUT2D eigenvalue weighted by molar-refractivity contribution is -0.135. The predicted octanol–water partition coefficient (Wildman–Crippen LogP) is 2.62. The van der Waals surface area contributed by atoms with Crippen molar-refractivity contribution in [1.82, 2.24) is 0 Å². The number of fused-ring (bicyclic) bond motifs is 1. The highest BCUT2D eigenvalue weighted by atomic mass is 16.5. The van der Waals surface area contributed by atoms with Gasteiger partial charge in [0, 0.05) is 19.3 Å². The Labute approximate surface area is 119 Å². The normalized spacial score (nSPS) is 33.5. The van der Waals surface area contributed by atoms with Gasteiger partial charge in [0.2, 0.25) is 0 Å². The first kappa shape index (κ1) is 13.7. The Morgan fingerprint density at radius 3 is 2.40 bits per heavy atom. The standard InChI is InChI=1S/C16H22O4/c1-11-9-16(17,10-12(2)20-11)13-4-5-14-15(8-13)19-7-3-6-18-14/h4-5,8,11-12,17H,3,6-7,9-10H2,1-2H3. The van der Waals surface area contributed by atoms with Crippen molar-refractivity contribution in [3.8, 4) is 11.5 Å². The lowest BCUT2D eigenvalue weighted by Gasteiger charge is -2.39. The van der Waals surface area contributed by atoms with E-state index in [9.17, 15) is 5.11 Å². The molecule has 2 heterocycles. The zero-order valence-electron chi connectivity index (χ0n) is 12.1. The molecule has 1 fully saturated rings. The molecule has 0 bridgehead atoms. The van der Waals surface area contributed by atoms with Crippen LogP contribution in [0, 0.1) is 0 Å².